The van der Waals surface area contributed by atoms with Crippen molar-refractivity contribution >= 4 is 10.0 Å². The van der Waals surface area contributed by atoms with Gasteiger partial charge in [-0.3, -0.25) is 0 Å². The number of aryl methyl sites for hydroxylation is 1. The summed E-state index contributed by atoms with van der Waals surface area (Å²) in [7, 11) is -3.61. The minimum atomic E-state index is -3.61. The van der Waals surface area contributed by atoms with E-state index in [0.717, 1.165) is 11.8 Å². The molecule has 0 aliphatic carbocycles. The lowest BCUT2D eigenvalue weighted by Gasteiger charge is -2.08. The highest BCUT2D eigenvalue weighted by Gasteiger charge is 2.16. The number of aromatic nitrogens is 2. The number of hydrogen-bond donors (Lipinski definition) is 2. The molecule has 0 unspecified atom stereocenters. The number of aromatic amines is 1. The number of hydrogen-bond acceptors (Lipinski definition) is 3. The molecule has 2 N–H and O–H groups in total. The molecule has 0 aliphatic heterocycles. The SMILES string of the molecule is Cc1cc(F)ccc1S(=O)(=O)NCCc1cnc[nH]1. The molecule has 2 aromatic rings. The molecular weight excluding hydrogens is 269 g/mol. The molecule has 0 atom stereocenters. The molecule has 102 valence electrons. The number of sulfonamides is 1. The van der Waals surface area contributed by atoms with Crippen molar-refractivity contribution in [3.05, 3.63) is 47.8 Å². The van der Waals surface area contributed by atoms with Gasteiger partial charge in [0.05, 0.1) is 11.2 Å². The smallest absolute Gasteiger partial charge is 0.240 e. The van der Waals surface area contributed by atoms with Crippen LogP contribution in [0.2, 0.25) is 0 Å². The third kappa shape index (κ3) is 3.39. The molecule has 0 radical (unpaired) electrons. The average molecular weight is 283 g/mol. The molecule has 0 saturated carbocycles. The van der Waals surface area contributed by atoms with Gasteiger partial charge >= 0.3 is 0 Å². The van der Waals surface area contributed by atoms with Gasteiger partial charge in [0.1, 0.15) is 5.82 Å². The summed E-state index contributed by atoms with van der Waals surface area (Å²) >= 11 is 0. The van der Waals surface area contributed by atoms with Crippen molar-refractivity contribution < 1.29 is 12.8 Å². The number of imidazole rings is 1. The zero-order valence-corrected chi connectivity index (χ0v) is 11.2. The Bertz CT molecular complexity index is 654. The fourth-order valence-corrected chi connectivity index (χ4v) is 2.99. The highest BCUT2D eigenvalue weighted by Crippen LogP contribution is 2.15. The summed E-state index contributed by atoms with van der Waals surface area (Å²) < 4.78 is 39.5. The van der Waals surface area contributed by atoms with Crippen molar-refractivity contribution in [2.75, 3.05) is 6.54 Å². The van der Waals surface area contributed by atoms with Crippen LogP contribution in [0.3, 0.4) is 0 Å². The van der Waals surface area contributed by atoms with Crippen LogP contribution in [-0.4, -0.2) is 24.9 Å². The van der Waals surface area contributed by atoms with Gasteiger partial charge < -0.3 is 4.98 Å². The average Bonchev–Trinajstić information content (AvgIpc) is 2.81. The van der Waals surface area contributed by atoms with E-state index in [1.54, 1.807) is 13.1 Å². The zero-order chi connectivity index (χ0) is 13.9. The van der Waals surface area contributed by atoms with Crippen LogP contribution >= 0.6 is 0 Å². The third-order valence-corrected chi connectivity index (χ3v) is 4.29. The lowest BCUT2D eigenvalue weighted by molar-refractivity contribution is 0.579. The van der Waals surface area contributed by atoms with Gasteiger partial charge in [0.15, 0.2) is 0 Å². The summed E-state index contributed by atoms with van der Waals surface area (Å²) in [5, 5.41) is 0. The third-order valence-electron chi connectivity index (χ3n) is 2.67. The molecule has 0 aliphatic rings. The Kier molecular flexibility index (Phi) is 3.96. The number of benzene rings is 1. The minimum absolute atomic E-state index is 0.0958. The van der Waals surface area contributed by atoms with Crippen molar-refractivity contribution in [1.82, 2.24) is 14.7 Å². The van der Waals surface area contributed by atoms with Crippen LogP contribution in [0.15, 0.2) is 35.6 Å². The first-order valence-corrected chi connectivity index (χ1v) is 7.20. The Hall–Kier alpha value is -1.73. The van der Waals surface area contributed by atoms with Crippen molar-refractivity contribution in [2.24, 2.45) is 0 Å². The van der Waals surface area contributed by atoms with Gasteiger partial charge in [-0.05, 0) is 30.7 Å². The Labute approximate surface area is 110 Å². The van der Waals surface area contributed by atoms with E-state index >= 15 is 0 Å². The first kappa shape index (κ1) is 13.7. The minimum Gasteiger partial charge on any atom is -0.348 e. The van der Waals surface area contributed by atoms with Crippen molar-refractivity contribution in [1.29, 1.82) is 0 Å². The summed E-state index contributed by atoms with van der Waals surface area (Å²) in [6.07, 6.45) is 3.69. The first-order valence-electron chi connectivity index (χ1n) is 5.72. The van der Waals surface area contributed by atoms with Gasteiger partial charge in [0.25, 0.3) is 0 Å². The van der Waals surface area contributed by atoms with Crippen molar-refractivity contribution in [3.8, 4) is 0 Å². The number of H-pyrrole nitrogens is 1. The van der Waals surface area contributed by atoms with E-state index in [2.05, 4.69) is 14.7 Å². The number of halogens is 1. The van der Waals surface area contributed by atoms with Gasteiger partial charge in [0.2, 0.25) is 10.0 Å². The molecule has 0 bridgehead atoms. The Morgan fingerprint density at radius 2 is 2.21 bits per heavy atom. The predicted octanol–water partition coefficient (Wildman–Crippen LogP) is 1.38. The zero-order valence-electron chi connectivity index (χ0n) is 10.4. The summed E-state index contributed by atoms with van der Waals surface area (Å²) in [6, 6.07) is 3.60. The molecule has 19 heavy (non-hydrogen) atoms. The normalized spacial score (nSPS) is 11.7. The Balaban J connectivity index is 2.05. The molecule has 1 aromatic carbocycles. The van der Waals surface area contributed by atoms with Gasteiger partial charge in [-0.2, -0.15) is 0 Å². The van der Waals surface area contributed by atoms with Crippen molar-refractivity contribution in [3.63, 3.8) is 0 Å². The number of nitrogens with one attached hydrogen (secondary N) is 2. The Morgan fingerprint density at radius 3 is 2.84 bits per heavy atom. The molecule has 5 nitrogen and oxygen atoms in total. The second-order valence-electron chi connectivity index (χ2n) is 4.13. The van der Waals surface area contributed by atoms with Gasteiger partial charge in [-0.15, -0.1) is 0 Å². The molecule has 0 saturated heterocycles. The van der Waals surface area contributed by atoms with Crippen LogP contribution in [0.4, 0.5) is 4.39 Å². The molecule has 1 aromatic heterocycles. The van der Waals surface area contributed by atoms with Gasteiger partial charge in [-0.1, -0.05) is 0 Å². The van der Waals surface area contributed by atoms with Gasteiger partial charge in [-0.25, -0.2) is 22.5 Å². The van der Waals surface area contributed by atoms with E-state index in [-0.39, 0.29) is 11.4 Å². The fourth-order valence-electron chi connectivity index (χ4n) is 1.73. The molecular formula is C12H14FN3O2S. The van der Waals surface area contributed by atoms with Crippen LogP contribution in [-0.2, 0) is 16.4 Å². The summed E-state index contributed by atoms with van der Waals surface area (Å²) in [4.78, 5) is 6.83. The second kappa shape index (κ2) is 5.50. The van der Waals surface area contributed by atoms with E-state index < -0.39 is 15.8 Å². The maximum atomic E-state index is 12.9. The molecule has 1 heterocycles. The monoisotopic (exact) mass is 283 g/mol. The second-order valence-corrected chi connectivity index (χ2v) is 5.87. The van der Waals surface area contributed by atoms with Gasteiger partial charge in [0, 0.05) is 24.9 Å². The number of rotatable bonds is 5. The standard InChI is InChI=1S/C12H14FN3O2S/c1-9-6-10(13)2-3-12(9)19(17,18)16-5-4-11-7-14-8-15-11/h2-3,6-8,16H,4-5H2,1H3,(H,14,15). The van der Waals surface area contributed by atoms with Crippen LogP contribution in [0.25, 0.3) is 0 Å². The van der Waals surface area contributed by atoms with Crippen LogP contribution in [0, 0.1) is 12.7 Å². The van der Waals surface area contributed by atoms with E-state index in [4.69, 9.17) is 0 Å². The van der Waals surface area contributed by atoms with Crippen LogP contribution in [0.5, 0.6) is 0 Å². The highest BCUT2D eigenvalue weighted by molar-refractivity contribution is 7.89. The summed E-state index contributed by atoms with van der Waals surface area (Å²) in [5.74, 6) is -0.450. The topological polar surface area (TPSA) is 74.8 Å². The van der Waals surface area contributed by atoms with E-state index in [9.17, 15) is 12.8 Å². The molecule has 2 rings (SSSR count). The maximum Gasteiger partial charge on any atom is 0.240 e. The predicted molar refractivity (Wildman–Crippen MR) is 68.6 cm³/mol. The number of nitrogens with zero attached hydrogens (tertiary/aromatic N) is 1. The quantitative estimate of drug-likeness (QED) is 0.870. The maximum absolute atomic E-state index is 12.9. The van der Waals surface area contributed by atoms with E-state index in [1.807, 2.05) is 0 Å². The fraction of sp³-hybridized carbons (Fsp3) is 0.250. The molecule has 0 fully saturated rings. The largest absolute Gasteiger partial charge is 0.348 e. The van der Waals surface area contributed by atoms with Crippen LogP contribution in [0.1, 0.15) is 11.3 Å². The summed E-state index contributed by atoms with van der Waals surface area (Å²) in [6.45, 7) is 1.81. The molecule has 7 heteroatoms. The van der Waals surface area contributed by atoms with Crippen molar-refractivity contribution in [2.45, 2.75) is 18.2 Å². The highest BCUT2D eigenvalue weighted by atomic mass is 32.2. The lowest BCUT2D eigenvalue weighted by Crippen LogP contribution is -2.26. The van der Waals surface area contributed by atoms with E-state index in [1.165, 1.54) is 18.5 Å². The first-order chi connectivity index (χ1) is 8.99. The summed E-state index contributed by atoms with van der Waals surface area (Å²) in [5.41, 5.74) is 1.23. The van der Waals surface area contributed by atoms with Crippen LogP contribution < -0.4 is 4.72 Å². The van der Waals surface area contributed by atoms with E-state index in [0.29, 0.717) is 12.0 Å². The lowest BCUT2D eigenvalue weighted by atomic mass is 10.2. The Morgan fingerprint density at radius 1 is 1.42 bits per heavy atom. The molecule has 0 spiro atoms. The molecule has 0 amide bonds.